The molecule has 3 rings (SSSR count). The highest BCUT2D eigenvalue weighted by molar-refractivity contribution is 5.91. The maximum Gasteiger partial charge on any atom is 0.416 e. The molecule has 4 nitrogen and oxygen atoms in total. The standard InChI is InChI=1S/C20H20F3N3O/c21-20(22,23)18-3-1-2-16(14-18)4-5-19(27)26-12-10-25(11-13-26)15-17-6-8-24-9-7-17/h1-9,14H,10-13,15H2/b5-4+. The summed E-state index contributed by atoms with van der Waals surface area (Å²) in [4.78, 5) is 20.3. The second-order valence-corrected chi connectivity index (χ2v) is 6.41. The lowest BCUT2D eigenvalue weighted by Gasteiger charge is -2.34. The molecule has 1 aliphatic rings. The Morgan fingerprint density at radius 1 is 1.07 bits per heavy atom. The first-order chi connectivity index (χ1) is 12.9. The molecule has 2 heterocycles. The largest absolute Gasteiger partial charge is 0.416 e. The molecule has 0 spiro atoms. The van der Waals surface area contributed by atoms with Crippen molar-refractivity contribution in [3.05, 3.63) is 71.6 Å². The number of amides is 1. The molecule has 0 radical (unpaired) electrons. The molecule has 0 bridgehead atoms. The summed E-state index contributed by atoms with van der Waals surface area (Å²) < 4.78 is 38.2. The Balaban J connectivity index is 1.53. The Labute approximate surface area is 155 Å². The highest BCUT2D eigenvalue weighted by Crippen LogP contribution is 2.29. The number of aromatic nitrogens is 1. The second-order valence-electron chi connectivity index (χ2n) is 6.41. The molecule has 0 atom stereocenters. The number of halogens is 3. The van der Waals surface area contributed by atoms with Crippen molar-refractivity contribution < 1.29 is 18.0 Å². The van der Waals surface area contributed by atoms with Gasteiger partial charge in [-0.2, -0.15) is 13.2 Å². The van der Waals surface area contributed by atoms with Gasteiger partial charge in [0.2, 0.25) is 5.91 Å². The molecule has 0 aliphatic carbocycles. The van der Waals surface area contributed by atoms with Gasteiger partial charge in [-0.1, -0.05) is 12.1 Å². The van der Waals surface area contributed by atoms with Gasteiger partial charge < -0.3 is 4.90 Å². The van der Waals surface area contributed by atoms with Gasteiger partial charge in [0.25, 0.3) is 0 Å². The van der Waals surface area contributed by atoms with Crippen molar-refractivity contribution >= 4 is 12.0 Å². The summed E-state index contributed by atoms with van der Waals surface area (Å²) in [6.07, 6.45) is 1.90. The van der Waals surface area contributed by atoms with Crippen molar-refractivity contribution in [3.8, 4) is 0 Å². The van der Waals surface area contributed by atoms with Crippen molar-refractivity contribution in [3.63, 3.8) is 0 Å². The van der Waals surface area contributed by atoms with Crippen molar-refractivity contribution in [2.75, 3.05) is 26.2 Å². The van der Waals surface area contributed by atoms with E-state index in [-0.39, 0.29) is 5.91 Å². The van der Waals surface area contributed by atoms with E-state index >= 15 is 0 Å². The fourth-order valence-corrected chi connectivity index (χ4v) is 2.96. The Morgan fingerprint density at radius 3 is 2.44 bits per heavy atom. The Kier molecular flexibility index (Phi) is 5.91. The van der Waals surface area contributed by atoms with Crippen LogP contribution in [0.5, 0.6) is 0 Å². The topological polar surface area (TPSA) is 36.4 Å². The van der Waals surface area contributed by atoms with Gasteiger partial charge in [0, 0.05) is 51.2 Å². The van der Waals surface area contributed by atoms with Crippen LogP contribution in [-0.4, -0.2) is 46.9 Å². The summed E-state index contributed by atoms with van der Waals surface area (Å²) in [6, 6.07) is 8.87. The number of benzene rings is 1. The number of carbonyl (C=O) groups excluding carboxylic acids is 1. The molecule has 0 unspecified atom stereocenters. The monoisotopic (exact) mass is 375 g/mol. The van der Waals surface area contributed by atoms with E-state index in [4.69, 9.17) is 0 Å². The highest BCUT2D eigenvalue weighted by atomic mass is 19.4. The quantitative estimate of drug-likeness (QED) is 0.768. The molecule has 27 heavy (non-hydrogen) atoms. The average Bonchev–Trinajstić information content (AvgIpc) is 2.67. The first-order valence-corrected chi connectivity index (χ1v) is 8.67. The van der Waals surface area contributed by atoms with Crippen LogP contribution < -0.4 is 0 Å². The van der Waals surface area contributed by atoms with Gasteiger partial charge in [-0.25, -0.2) is 0 Å². The zero-order chi connectivity index (χ0) is 19.3. The summed E-state index contributed by atoms with van der Waals surface area (Å²) in [5.74, 6) is -0.184. The third-order valence-electron chi connectivity index (χ3n) is 4.47. The normalized spacial score (nSPS) is 16.0. The predicted molar refractivity (Wildman–Crippen MR) is 96.6 cm³/mol. The van der Waals surface area contributed by atoms with Crippen LogP contribution in [0.4, 0.5) is 13.2 Å². The predicted octanol–water partition coefficient (Wildman–Crippen LogP) is 3.46. The summed E-state index contributed by atoms with van der Waals surface area (Å²) in [6.45, 7) is 3.51. The van der Waals surface area contributed by atoms with Gasteiger partial charge in [0.1, 0.15) is 0 Å². The van der Waals surface area contributed by atoms with E-state index in [1.54, 1.807) is 23.4 Å². The molecule has 1 saturated heterocycles. The van der Waals surface area contributed by atoms with Crippen molar-refractivity contribution in [2.24, 2.45) is 0 Å². The molecule has 2 aromatic rings. The maximum absolute atomic E-state index is 12.7. The maximum atomic E-state index is 12.7. The number of pyridine rings is 1. The van der Waals surface area contributed by atoms with E-state index in [1.807, 2.05) is 12.1 Å². The van der Waals surface area contributed by atoms with Crippen molar-refractivity contribution in [1.29, 1.82) is 0 Å². The third kappa shape index (κ3) is 5.40. The van der Waals surface area contributed by atoms with Gasteiger partial charge >= 0.3 is 6.18 Å². The van der Waals surface area contributed by atoms with Gasteiger partial charge in [-0.05, 0) is 41.5 Å². The van der Waals surface area contributed by atoms with Crippen molar-refractivity contribution in [2.45, 2.75) is 12.7 Å². The molecular weight excluding hydrogens is 355 g/mol. The minimum absolute atomic E-state index is 0.184. The van der Waals surface area contributed by atoms with E-state index in [0.29, 0.717) is 18.7 Å². The van der Waals surface area contributed by atoms with Gasteiger partial charge in [-0.15, -0.1) is 0 Å². The molecule has 1 aromatic heterocycles. The van der Waals surface area contributed by atoms with E-state index in [2.05, 4.69) is 9.88 Å². The molecule has 7 heteroatoms. The fraction of sp³-hybridized carbons (Fsp3) is 0.300. The number of hydrogen-bond acceptors (Lipinski definition) is 3. The van der Waals surface area contributed by atoms with Crippen LogP contribution in [0.15, 0.2) is 54.9 Å². The molecule has 1 aliphatic heterocycles. The highest BCUT2D eigenvalue weighted by Gasteiger charge is 2.30. The number of hydrogen-bond donors (Lipinski definition) is 0. The average molecular weight is 375 g/mol. The minimum Gasteiger partial charge on any atom is -0.337 e. The zero-order valence-corrected chi connectivity index (χ0v) is 14.7. The summed E-state index contributed by atoms with van der Waals surface area (Å²) >= 11 is 0. The number of rotatable bonds is 4. The van der Waals surface area contributed by atoms with E-state index in [1.165, 1.54) is 23.8 Å². The molecule has 1 amide bonds. The second kappa shape index (κ2) is 8.35. The van der Waals surface area contributed by atoms with Crippen LogP contribution in [0.25, 0.3) is 6.08 Å². The molecule has 1 fully saturated rings. The van der Waals surface area contributed by atoms with Gasteiger partial charge in [0.15, 0.2) is 0 Å². The Morgan fingerprint density at radius 2 is 1.78 bits per heavy atom. The van der Waals surface area contributed by atoms with Gasteiger partial charge in [0.05, 0.1) is 5.56 Å². The smallest absolute Gasteiger partial charge is 0.337 e. The van der Waals surface area contributed by atoms with Crippen LogP contribution >= 0.6 is 0 Å². The first-order valence-electron chi connectivity index (χ1n) is 8.67. The van der Waals surface area contributed by atoms with Crippen LogP contribution in [-0.2, 0) is 17.5 Å². The number of alkyl halides is 3. The zero-order valence-electron chi connectivity index (χ0n) is 14.7. The van der Waals surface area contributed by atoms with E-state index in [9.17, 15) is 18.0 Å². The Bertz CT molecular complexity index is 798. The van der Waals surface area contributed by atoms with Crippen LogP contribution in [0.1, 0.15) is 16.7 Å². The molecule has 0 saturated carbocycles. The molecule has 0 N–H and O–H groups in total. The van der Waals surface area contributed by atoms with Crippen LogP contribution in [0.2, 0.25) is 0 Å². The number of nitrogens with zero attached hydrogens (tertiary/aromatic N) is 3. The lowest BCUT2D eigenvalue weighted by molar-refractivity contribution is -0.137. The summed E-state index contributed by atoms with van der Waals surface area (Å²) in [5, 5.41) is 0. The van der Waals surface area contributed by atoms with Crippen LogP contribution in [0.3, 0.4) is 0 Å². The first kappa shape index (κ1) is 19.1. The number of piperazine rings is 1. The minimum atomic E-state index is -4.39. The summed E-state index contributed by atoms with van der Waals surface area (Å²) in [5.41, 5.74) is 0.811. The van der Waals surface area contributed by atoms with Gasteiger partial charge in [-0.3, -0.25) is 14.7 Å². The van der Waals surface area contributed by atoms with E-state index in [0.717, 1.165) is 31.8 Å². The lowest BCUT2D eigenvalue weighted by Crippen LogP contribution is -2.47. The number of carbonyl (C=O) groups is 1. The third-order valence-corrected chi connectivity index (χ3v) is 4.47. The summed E-state index contributed by atoms with van der Waals surface area (Å²) in [7, 11) is 0. The molecule has 142 valence electrons. The Hall–Kier alpha value is -2.67. The SMILES string of the molecule is O=C(/C=C/c1cccc(C(F)(F)F)c1)N1CCN(Cc2ccncc2)CC1. The molecule has 1 aromatic carbocycles. The van der Waals surface area contributed by atoms with E-state index < -0.39 is 11.7 Å². The van der Waals surface area contributed by atoms with Crippen molar-refractivity contribution in [1.82, 2.24) is 14.8 Å². The van der Waals surface area contributed by atoms with Crippen LogP contribution in [0, 0.1) is 0 Å². The molecular formula is C20H20F3N3O. The fourth-order valence-electron chi connectivity index (χ4n) is 2.96. The lowest BCUT2D eigenvalue weighted by atomic mass is 10.1.